The molecule has 7 nitrogen and oxygen atoms in total. The highest BCUT2D eigenvalue weighted by molar-refractivity contribution is 7.86. The molecule has 3 aliphatic carbocycles. The van der Waals surface area contributed by atoms with E-state index in [0.717, 1.165) is 25.5 Å². The van der Waals surface area contributed by atoms with Gasteiger partial charge in [0.2, 0.25) is 0 Å². The summed E-state index contributed by atoms with van der Waals surface area (Å²) in [6.07, 6.45) is 4.37. The molecule has 0 aromatic rings. The highest BCUT2D eigenvalue weighted by Gasteiger charge is 2.68. The molecule has 0 aromatic carbocycles. The molecule has 0 spiro atoms. The van der Waals surface area contributed by atoms with Crippen LogP contribution in [-0.2, 0) is 28.6 Å². The summed E-state index contributed by atoms with van der Waals surface area (Å²) >= 11 is 0. The third-order valence-electron chi connectivity index (χ3n) is 8.97. The van der Waals surface area contributed by atoms with Gasteiger partial charge in [0, 0.05) is 23.2 Å². The molecule has 0 heterocycles. The number of ketones is 1. The van der Waals surface area contributed by atoms with Gasteiger partial charge in [0.05, 0.1) is 12.4 Å². The Labute approximate surface area is 185 Å². The predicted octanol–water partition coefficient (Wildman–Crippen LogP) is 2.87. The molecular formula is C23H36O7S. The lowest BCUT2D eigenvalue weighted by Gasteiger charge is -2.61. The summed E-state index contributed by atoms with van der Waals surface area (Å²) in [5.41, 5.74) is -1.72. The number of ether oxygens (including phenoxy) is 1. The second-order valence-electron chi connectivity index (χ2n) is 10.5. The normalized spacial score (nSPS) is 45.4. The standard InChI is InChI=1S/C23H36O7S/c1-7-21(4)12-17(30-18(25)13-29-31(6,27)28)22(5)14(2)8-10-23(15(3)20(21)26)11-9-16(24)19(22)23/h7,14-15,17,19-20,26H,1,8-13H2,2-6H3/t14-,15-,17+,19-,20-,21+,22-,23-/m1/s1. The zero-order valence-electron chi connectivity index (χ0n) is 19.2. The van der Waals surface area contributed by atoms with Crippen molar-refractivity contribution in [3.05, 3.63) is 12.7 Å². The SMILES string of the molecule is C=C[C@@]1(C)C[C@H](OC(=O)COS(C)(=O)=O)[C@@]2(C)[C@H](C)CC[C@@]3(CCC(=O)[C@@H]32)[C@H](C)[C@H]1O. The summed E-state index contributed by atoms with van der Waals surface area (Å²) in [5, 5.41) is 11.4. The van der Waals surface area contributed by atoms with Crippen LogP contribution in [0, 0.1) is 34.0 Å². The van der Waals surface area contributed by atoms with Crippen molar-refractivity contribution in [3.63, 3.8) is 0 Å². The van der Waals surface area contributed by atoms with Crippen LogP contribution in [0.2, 0.25) is 0 Å². The van der Waals surface area contributed by atoms with E-state index in [-0.39, 0.29) is 29.0 Å². The second kappa shape index (κ2) is 7.96. The minimum atomic E-state index is -3.79. The molecule has 8 atom stereocenters. The van der Waals surface area contributed by atoms with Gasteiger partial charge < -0.3 is 9.84 Å². The maximum atomic E-state index is 13.3. The molecule has 3 fully saturated rings. The number of rotatable bonds is 5. The molecule has 31 heavy (non-hydrogen) atoms. The number of hydrogen-bond donors (Lipinski definition) is 1. The molecule has 3 saturated carbocycles. The van der Waals surface area contributed by atoms with Crippen molar-refractivity contribution in [2.75, 3.05) is 12.9 Å². The number of esters is 1. The fraction of sp³-hybridized carbons (Fsp3) is 0.826. The minimum Gasteiger partial charge on any atom is -0.460 e. The van der Waals surface area contributed by atoms with E-state index in [4.69, 9.17) is 4.74 Å². The smallest absolute Gasteiger partial charge is 0.333 e. The summed E-state index contributed by atoms with van der Waals surface area (Å²) < 4.78 is 33.1. The molecule has 0 aromatic heterocycles. The fourth-order valence-corrected chi connectivity index (χ4v) is 7.16. The van der Waals surface area contributed by atoms with Gasteiger partial charge in [0.25, 0.3) is 10.1 Å². The lowest BCUT2D eigenvalue weighted by Crippen LogP contribution is -2.63. The number of carbonyl (C=O) groups excluding carboxylic acids is 2. The third-order valence-corrected chi connectivity index (χ3v) is 9.51. The molecule has 0 saturated heterocycles. The molecule has 176 valence electrons. The summed E-state index contributed by atoms with van der Waals surface area (Å²) in [7, 11) is -3.79. The Morgan fingerprint density at radius 2 is 1.94 bits per heavy atom. The highest BCUT2D eigenvalue weighted by Crippen LogP contribution is 2.67. The third kappa shape index (κ3) is 3.89. The highest BCUT2D eigenvalue weighted by atomic mass is 32.2. The van der Waals surface area contributed by atoms with Crippen LogP contribution in [-0.4, -0.2) is 50.3 Å². The van der Waals surface area contributed by atoms with Gasteiger partial charge in [-0.3, -0.25) is 8.98 Å². The van der Waals surface area contributed by atoms with Crippen molar-refractivity contribution in [1.82, 2.24) is 0 Å². The maximum absolute atomic E-state index is 13.3. The van der Waals surface area contributed by atoms with Crippen LogP contribution in [0.3, 0.4) is 0 Å². The van der Waals surface area contributed by atoms with Gasteiger partial charge in [-0.1, -0.05) is 33.8 Å². The van der Waals surface area contributed by atoms with E-state index in [0.29, 0.717) is 12.8 Å². The zero-order chi connectivity index (χ0) is 23.4. The van der Waals surface area contributed by atoms with E-state index in [1.807, 2.05) is 20.8 Å². The second-order valence-corrected chi connectivity index (χ2v) is 12.2. The first-order valence-corrected chi connectivity index (χ1v) is 12.9. The van der Waals surface area contributed by atoms with Gasteiger partial charge in [-0.2, -0.15) is 8.42 Å². The van der Waals surface area contributed by atoms with Crippen molar-refractivity contribution in [2.24, 2.45) is 34.0 Å². The molecule has 0 amide bonds. The van der Waals surface area contributed by atoms with E-state index in [9.17, 15) is 23.1 Å². The Balaban J connectivity index is 2.08. The molecule has 0 aliphatic heterocycles. The van der Waals surface area contributed by atoms with Crippen LogP contribution in [0.15, 0.2) is 12.7 Å². The largest absolute Gasteiger partial charge is 0.460 e. The number of aliphatic hydroxyl groups is 1. The molecule has 0 unspecified atom stereocenters. The lowest BCUT2D eigenvalue weighted by molar-refractivity contribution is -0.207. The van der Waals surface area contributed by atoms with Gasteiger partial charge in [0.1, 0.15) is 11.9 Å². The van der Waals surface area contributed by atoms with Crippen LogP contribution in [0.25, 0.3) is 0 Å². The quantitative estimate of drug-likeness (QED) is 0.385. The maximum Gasteiger partial charge on any atom is 0.333 e. The van der Waals surface area contributed by atoms with Crippen molar-refractivity contribution in [2.45, 2.75) is 72.0 Å². The first kappa shape index (κ1) is 24.4. The van der Waals surface area contributed by atoms with Gasteiger partial charge in [-0.15, -0.1) is 6.58 Å². The summed E-state index contributed by atoms with van der Waals surface area (Å²) in [6.45, 7) is 11.3. The van der Waals surface area contributed by atoms with Crippen LogP contribution < -0.4 is 0 Å². The van der Waals surface area contributed by atoms with Crippen molar-refractivity contribution in [3.8, 4) is 0 Å². The topological polar surface area (TPSA) is 107 Å². The predicted molar refractivity (Wildman–Crippen MR) is 115 cm³/mol. The monoisotopic (exact) mass is 456 g/mol. The van der Waals surface area contributed by atoms with Crippen LogP contribution in [0.4, 0.5) is 0 Å². The van der Waals surface area contributed by atoms with Crippen molar-refractivity contribution in [1.29, 1.82) is 0 Å². The van der Waals surface area contributed by atoms with E-state index in [1.54, 1.807) is 6.08 Å². The molecule has 0 radical (unpaired) electrons. The van der Waals surface area contributed by atoms with Crippen LogP contribution in [0.5, 0.6) is 0 Å². The first-order chi connectivity index (χ1) is 14.2. The number of aliphatic hydroxyl groups excluding tert-OH is 1. The van der Waals surface area contributed by atoms with Crippen molar-refractivity contribution < 1.29 is 32.0 Å². The molecule has 3 aliphatic rings. The van der Waals surface area contributed by atoms with Crippen LogP contribution >= 0.6 is 0 Å². The summed E-state index contributed by atoms with van der Waals surface area (Å²) in [4.78, 5) is 25.9. The fourth-order valence-electron chi connectivity index (χ4n) is 6.85. The molecule has 3 rings (SSSR count). The van der Waals surface area contributed by atoms with Gasteiger partial charge in [0.15, 0.2) is 6.61 Å². The Hall–Kier alpha value is -1.25. The van der Waals surface area contributed by atoms with Gasteiger partial charge >= 0.3 is 5.97 Å². The van der Waals surface area contributed by atoms with E-state index in [1.165, 1.54) is 0 Å². The number of hydrogen-bond acceptors (Lipinski definition) is 7. The zero-order valence-corrected chi connectivity index (χ0v) is 20.0. The average Bonchev–Trinajstić information content (AvgIpc) is 3.05. The van der Waals surface area contributed by atoms with Crippen molar-refractivity contribution >= 4 is 21.9 Å². The van der Waals surface area contributed by atoms with Crippen LogP contribution in [0.1, 0.15) is 59.8 Å². The Morgan fingerprint density at radius 3 is 2.52 bits per heavy atom. The molecule has 8 heteroatoms. The summed E-state index contributed by atoms with van der Waals surface area (Å²) in [5.74, 6) is -0.943. The number of carbonyl (C=O) groups is 2. The Bertz CT molecular complexity index is 867. The van der Waals surface area contributed by atoms with Gasteiger partial charge in [-0.25, -0.2) is 4.79 Å². The lowest BCUT2D eigenvalue weighted by atomic mass is 9.44. The minimum absolute atomic E-state index is 0.107. The molecule has 1 N–H and O–H groups in total. The molecule has 2 bridgehead atoms. The van der Waals surface area contributed by atoms with E-state index in [2.05, 4.69) is 17.7 Å². The first-order valence-electron chi connectivity index (χ1n) is 11.1. The van der Waals surface area contributed by atoms with Gasteiger partial charge in [-0.05, 0) is 42.9 Å². The summed E-state index contributed by atoms with van der Waals surface area (Å²) in [6, 6.07) is 0. The Kier molecular flexibility index (Phi) is 6.26. The Morgan fingerprint density at radius 1 is 1.29 bits per heavy atom. The molecular weight excluding hydrogens is 420 g/mol. The number of Topliss-reactive ketones (excluding diaryl/α,β-unsaturated/α-hetero) is 1. The average molecular weight is 457 g/mol. The van der Waals surface area contributed by atoms with E-state index >= 15 is 0 Å². The van der Waals surface area contributed by atoms with E-state index < -0.39 is 45.7 Å².